The number of carbonyl (C=O) groups is 4. The van der Waals surface area contributed by atoms with Crippen LogP contribution in [0.15, 0.2) is 42.5 Å². The van der Waals surface area contributed by atoms with Crippen molar-refractivity contribution in [1.29, 1.82) is 0 Å². The molecule has 1 aliphatic heterocycles. The maximum atomic E-state index is 12.5. The number of nitrogens with zero attached hydrogens (tertiary/aromatic N) is 2. The third kappa shape index (κ3) is 7.80. The molecule has 12 heteroatoms. The standard InChI is InChI=1S/C16H21NO5.C16H19NO5/c2*1-16(2,3)22-15(19)17-12-9-11(20-4)7-6-10(12)8-13(17)14(18)21-5/h6-7,9,13H,8H2,1-5H3;6-9H,1-5H3. The quantitative estimate of drug-likeness (QED) is 0.265. The van der Waals surface area contributed by atoms with E-state index < -0.39 is 41.4 Å². The van der Waals surface area contributed by atoms with E-state index in [1.165, 1.54) is 30.8 Å². The van der Waals surface area contributed by atoms with Gasteiger partial charge in [-0.1, -0.05) is 6.07 Å². The molecule has 238 valence electrons. The average molecular weight is 613 g/mol. The maximum Gasteiger partial charge on any atom is 0.419 e. The van der Waals surface area contributed by atoms with Crippen molar-refractivity contribution in [2.24, 2.45) is 0 Å². The molecule has 0 saturated carbocycles. The highest BCUT2D eigenvalue weighted by Crippen LogP contribution is 2.36. The van der Waals surface area contributed by atoms with Crippen molar-refractivity contribution in [2.75, 3.05) is 33.3 Å². The lowest BCUT2D eigenvalue weighted by Gasteiger charge is -2.28. The number of hydrogen-bond donors (Lipinski definition) is 0. The molecule has 0 spiro atoms. The van der Waals surface area contributed by atoms with Crippen LogP contribution < -0.4 is 14.4 Å². The molecule has 2 heterocycles. The summed E-state index contributed by atoms with van der Waals surface area (Å²) in [6, 6.07) is 11.4. The lowest BCUT2D eigenvalue weighted by atomic mass is 10.1. The molecule has 3 aromatic rings. The maximum absolute atomic E-state index is 12.5. The van der Waals surface area contributed by atoms with Gasteiger partial charge in [-0.25, -0.2) is 23.7 Å². The monoisotopic (exact) mass is 612 g/mol. The van der Waals surface area contributed by atoms with Gasteiger partial charge >= 0.3 is 24.1 Å². The van der Waals surface area contributed by atoms with Crippen molar-refractivity contribution in [3.63, 3.8) is 0 Å². The average Bonchev–Trinajstić information content (AvgIpc) is 3.53. The van der Waals surface area contributed by atoms with Gasteiger partial charge in [0.1, 0.15) is 34.4 Å². The fourth-order valence-corrected chi connectivity index (χ4v) is 4.46. The molecule has 0 saturated heterocycles. The van der Waals surface area contributed by atoms with Gasteiger partial charge in [0.25, 0.3) is 0 Å². The molecule has 0 radical (unpaired) electrons. The minimum atomic E-state index is -0.720. The molecule has 1 aromatic heterocycles. The predicted molar refractivity (Wildman–Crippen MR) is 163 cm³/mol. The van der Waals surface area contributed by atoms with E-state index in [0.29, 0.717) is 34.5 Å². The lowest BCUT2D eigenvalue weighted by Crippen LogP contribution is -2.45. The fourth-order valence-electron chi connectivity index (χ4n) is 4.46. The zero-order valence-electron chi connectivity index (χ0n) is 26.8. The van der Waals surface area contributed by atoms with Gasteiger partial charge in [0.2, 0.25) is 0 Å². The molecule has 1 unspecified atom stereocenters. The van der Waals surface area contributed by atoms with Crippen LogP contribution in [0.2, 0.25) is 0 Å². The molecule has 4 rings (SSSR count). The topological polar surface area (TPSA) is 132 Å². The second-order valence-electron chi connectivity index (χ2n) is 11.8. The molecule has 1 amide bonds. The van der Waals surface area contributed by atoms with E-state index in [9.17, 15) is 19.2 Å². The Kier molecular flexibility index (Phi) is 10.2. The van der Waals surface area contributed by atoms with Gasteiger partial charge in [-0.2, -0.15) is 0 Å². The van der Waals surface area contributed by atoms with Crippen molar-refractivity contribution in [2.45, 2.75) is 65.2 Å². The van der Waals surface area contributed by atoms with Crippen LogP contribution in [-0.2, 0) is 30.2 Å². The van der Waals surface area contributed by atoms with Gasteiger partial charge in [0.15, 0.2) is 0 Å². The van der Waals surface area contributed by atoms with E-state index in [2.05, 4.69) is 0 Å². The van der Waals surface area contributed by atoms with Crippen LogP contribution in [0.25, 0.3) is 10.9 Å². The minimum absolute atomic E-state index is 0.111. The van der Waals surface area contributed by atoms with Crippen molar-refractivity contribution in [3.05, 3.63) is 53.7 Å². The predicted octanol–water partition coefficient (Wildman–Crippen LogP) is 5.75. The fraction of sp³-hybridized carbons (Fsp3) is 0.438. The molecule has 44 heavy (non-hydrogen) atoms. The Morgan fingerprint density at radius 1 is 0.727 bits per heavy atom. The van der Waals surface area contributed by atoms with Crippen LogP contribution >= 0.6 is 0 Å². The van der Waals surface area contributed by atoms with Gasteiger partial charge in [-0.15, -0.1) is 0 Å². The van der Waals surface area contributed by atoms with Crippen molar-refractivity contribution < 1.29 is 47.6 Å². The summed E-state index contributed by atoms with van der Waals surface area (Å²) >= 11 is 0. The van der Waals surface area contributed by atoms with Crippen LogP contribution in [0.4, 0.5) is 15.3 Å². The van der Waals surface area contributed by atoms with Gasteiger partial charge in [-0.3, -0.25) is 4.90 Å². The number of methoxy groups -OCH3 is 4. The molecule has 1 atom stereocenters. The van der Waals surface area contributed by atoms with Crippen LogP contribution in [0, 0.1) is 0 Å². The van der Waals surface area contributed by atoms with Gasteiger partial charge < -0.3 is 28.4 Å². The largest absolute Gasteiger partial charge is 0.497 e. The van der Waals surface area contributed by atoms with Gasteiger partial charge in [0, 0.05) is 23.9 Å². The summed E-state index contributed by atoms with van der Waals surface area (Å²) in [5.41, 5.74) is 0.791. The molecular weight excluding hydrogens is 572 g/mol. The van der Waals surface area contributed by atoms with E-state index in [0.717, 1.165) is 5.56 Å². The van der Waals surface area contributed by atoms with E-state index in [4.69, 9.17) is 28.4 Å². The number of hydrogen-bond acceptors (Lipinski definition) is 10. The van der Waals surface area contributed by atoms with E-state index in [1.54, 1.807) is 85.1 Å². The number of amides is 1. The van der Waals surface area contributed by atoms with Crippen LogP contribution in [-0.4, -0.2) is 74.4 Å². The summed E-state index contributed by atoms with van der Waals surface area (Å²) in [5.74, 6) is 0.103. The van der Waals surface area contributed by atoms with Crippen LogP contribution in [0.5, 0.6) is 11.5 Å². The Labute approximate surface area is 256 Å². The normalized spacial score (nSPS) is 14.1. The summed E-state index contributed by atoms with van der Waals surface area (Å²) < 4.78 is 31.9. The van der Waals surface area contributed by atoms with Crippen molar-refractivity contribution >= 4 is 40.7 Å². The van der Waals surface area contributed by atoms with Crippen LogP contribution in [0.3, 0.4) is 0 Å². The zero-order valence-corrected chi connectivity index (χ0v) is 26.8. The second-order valence-corrected chi connectivity index (χ2v) is 11.8. The first kappa shape index (κ1) is 33.8. The number of carbonyl (C=O) groups excluding carboxylic acids is 4. The summed E-state index contributed by atoms with van der Waals surface area (Å²) in [6.45, 7) is 10.6. The molecule has 12 nitrogen and oxygen atoms in total. The smallest absolute Gasteiger partial charge is 0.419 e. The van der Waals surface area contributed by atoms with Gasteiger partial charge in [0.05, 0.1) is 39.6 Å². The number of ether oxygens (including phenoxy) is 6. The summed E-state index contributed by atoms with van der Waals surface area (Å²) in [6.07, 6.45) is -0.823. The third-order valence-corrected chi connectivity index (χ3v) is 6.32. The van der Waals surface area contributed by atoms with E-state index >= 15 is 0 Å². The number of benzene rings is 2. The van der Waals surface area contributed by atoms with E-state index in [-0.39, 0.29) is 5.69 Å². The number of fused-ring (bicyclic) bond motifs is 2. The SMILES string of the molecule is COC(=O)C1Cc2ccc(OC)cc2N1C(=O)OC(C)(C)C.COC(=O)c1cc2ccc(OC)cc2n1C(=O)OC(C)(C)C. The lowest BCUT2D eigenvalue weighted by molar-refractivity contribution is -0.142. The molecule has 0 fully saturated rings. The van der Waals surface area contributed by atoms with E-state index in [1.807, 2.05) is 6.07 Å². The highest BCUT2D eigenvalue weighted by Gasteiger charge is 2.41. The van der Waals surface area contributed by atoms with Gasteiger partial charge in [-0.05, 0) is 71.4 Å². The first-order valence-corrected chi connectivity index (χ1v) is 13.8. The molecule has 2 aromatic carbocycles. The number of anilines is 1. The highest BCUT2D eigenvalue weighted by molar-refractivity contribution is 6.02. The minimum Gasteiger partial charge on any atom is -0.497 e. The Hall–Kier alpha value is -4.74. The Morgan fingerprint density at radius 3 is 1.84 bits per heavy atom. The summed E-state index contributed by atoms with van der Waals surface area (Å²) in [4.78, 5) is 50.3. The molecule has 1 aliphatic rings. The molecule has 0 aliphatic carbocycles. The number of aromatic nitrogens is 1. The van der Waals surface area contributed by atoms with Crippen LogP contribution in [0.1, 0.15) is 57.6 Å². The summed E-state index contributed by atoms with van der Waals surface area (Å²) in [7, 11) is 5.65. The van der Waals surface area contributed by atoms with Crippen molar-refractivity contribution in [1.82, 2.24) is 4.57 Å². The molecule has 0 N–H and O–H groups in total. The Morgan fingerprint density at radius 2 is 1.30 bits per heavy atom. The van der Waals surface area contributed by atoms with Crippen molar-refractivity contribution in [3.8, 4) is 11.5 Å². The second kappa shape index (κ2) is 13.3. The Bertz CT molecular complexity index is 1540. The highest BCUT2D eigenvalue weighted by atomic mass is 16.6. The number of esters is 2. The first-order valence-electron chi connectivity index (χ1n) is 13.8. The summed E-state index contributed by atoms with van der Waals surface area (Å²) in [5, 5.41) is 0.715. The first-order chi connectivity index (χ1) is 20.5. The zero-order chi connectivity index (χ0) is 33.0. The Balaban J connectivity index is 0.000000240. The molecular formula is C32H40N2O10. The molecule has 0 bridgehead atoms. The number of rotatable bonds is 4. The third-order valence-electron chi connectivity index (χ3n) is 6.32.